The van der Waals surface area contributed by atoms with Gasteiger partial charge in [0.05, 0.1) is 22.7 Å². The third kappa shape index (κ3) is 5.60. The lowest BCUT2D eigenvalue weighted by Crippen LogP contribution is -2.50. The number of carboxylic acids is 1. The zero-order chi connectivity index (χ0) is 25.9. The van der Waals surface area contributed by atoms with Crippen LogP contribution in [0.1, 0.15) is 50.8 Å². The number of hydrogen-bond acceptors (Lipinski definition) is 5. The highest BCUT2D eigenvalue weighted by Crippen LogP contribution is 2.40. The number of nitrogens with zero attached hydrogens (tertiary/aromatic N) is 3. The van der Waals surface area contributed by atoms with Crippen LogP contribution >= 0.6 is 11.6 Å². The van der Waals surface area contributed by atoms with E-state index in [-0.39, 0.29) is 23.2 Å². The Morgan fingerprint density at radius 3 is 2.78 bits per heavy atom. The minimum absolute atomic E-state index is 0.0257. The van der Waals surface area contributed by atoms with Crippen molar-refractivity contribution in [3.05, 3.63) is 69.9 Å². The van der Waals surface area contributed by atoms with Gasteiger partial charge in [-0.25, -0.2) is 13.8 Å². The molecule has 1 aromatic carbocycles. The number of aromatic nitrogens is 1. The average molecular weight is 517 g/mol. The van der Waals surface area contributed by atoms with Gasteiger partial charge in [0, 0.05) is 24.6 Å². The van der Waals surface area contributed by atoms with E-state index in [1.807, 2.05) is 13.0 Å². The first kappa shape index (κ1) is 26.2. The molecular formula is C27H31ClF2N4O2. The lowest BCUT2D eigenvalue weighted by atomic mass is 9.71. The van der Waals surface area contributed by atoms with Crippen molar-refractivity contribution in [1.29, 1.82) is 0 Å². The Hall–Kier alpha value is -2.84. The summed E-state index contributed by atoms with van der Waals surface area (Å²) in [7, 11) is 0. The van der Waals surface area contributed by atoms with Crippen LogP contribution in [0, 0.1) is 17.0 Å². The monoisotopic (exact) mass is 516 g/mol. The van der Waals surface area contributed by atoms with Crippen molar-refractivity contribution in [2.24, 2.45) is 10.4 Å². The quantitative estimate of drug-likeness (QED) is 0.459. The molecule has 192 valence electrons. The molecule has 0 spiro atoms. The molecule has 0 aliphatic carbocycles. The second kappa shape index (κ2) is 11.0. The molecule has 4 rings (SSSR count). The summed E-state index contributed by atoms with van der Waals surface area (Å²) in [6.07, 6.45) is 4.12. The van der Waals surface area contributed by atoms with Crippen LogP contribution in [0.5, 0.6) is 0 Å². The van der Waals surface area contributed by atoms with Gasteiger partial charge < -0.3 is 10.4 Å². The molecule has 6 nitrogen and oxygen atoms in total. The standard InChI is InChI=1S/C27H31ClF2N4O2/c1-3-17-12-24(31-15-17)33-23-9-8-21(29)22(32-23)14-27(26(35)36)10-11-34(19(4-2)13-27)16-18-6-5-7-20(28)25(18)30/h5-9,12,19H,3-4,10-11,13-16H2,1-2H3,(H,35,36)(H,31,32,33). The van der Waals surface area contributed by atoms with Gasteiger partial charge in [-0.2, -0.15) is 0 Å². The summed E-state index contributed by atoms with van der Waals surface area (Å²) in [5, 5.41) is 13.5. The van der Waals surface area contributed by atoms with E-state index >= 15 is 0 Å². The summed E-state index contributed by atoms with van der Waals surface area (Å²) in [5.41, 5.74) is 0.617. The van der Waals surface area contributed by atoms with Gasteiger partial charge in [0.1, 0.15) is 23.3 Å². The molecule has 0 radical (unpaired) electrons. The van der Waals surface area contributed by atoms with Gasteiger partial charge in [-0.3, -0.25) is 14.7 Å². The maximum Gasteiger partial charge on any atom is 0.310 e. The number of aliphatic imine (C=N–C) groups is 1. The maximum atomic E-state index is 14.8. The average Bonchev–Trinajstić information content (AvgIpc) is 3.32. The number of carboxylic acid groups (broad SMARTS) is 1. The first-order chi connectivity index (χ1) is 17.2. The highest BCUT2D eigenvalue weighted by molar-refractivity contribution is 6.30. The molecule has 2 aromatic rings. The van der Waals surface area contributed by atoms with Gasteiger partial charge in [-0.05, 0) is 62.1 Å². The highest BCUT2D eigenvalue weighted by atomic mass is 35.5. The SMILES string of the molecule is CCC1=CC(Nc2ccc(F)c(CC3(C(=O)O)CCN(Cc4cccc(Cl)c4F)C(CC)C3)n2)=NC1. The molecule has 1 fully saturated rings. The van der Waals surface area contributed by atoms with Crippen LogP contribution in [0.3, 0.4) is 0 Å². The van der Waals surface area contributed by atoms with Crippen molar-refractivity contribution >= 4 is 29.2 Å². The summed E-state index contributed by atoms with van der Waals surface area (Å²) in [6.45, 7) is 5.45. The summed E-state index contributed by atoms with van der Waals surface area (Å²) in [4.78, 5) is 23.5. The van der Waals surface area contributed by atoms with Crippen LogP contribution in [0.2, 0.25) is 5.02 Å². The normalized spacial score (nSPS) is 22.3. The number of pyridine rings is 1. The summed E-state index contributed by atoms with van der Waals surface area (Å²) < 4.78 is 29.3. The van der Waals surface area contributed by atoms with E-state index in [2.05, 4.69) is 27.1 Å². The van der Waals surface area contributed by atoms with E-state index in [0.717, 1.165) is 6.42 Å². The Bertz CT molecular complexity index is 1200. The van der Waals surface area contributed by atoms with Crippen molar-refractivity contribution < 1.29 is 18.7 Å². The molecular weight excluding hydrogens is 486 g/mol. The van der Waals surface area contributed by atoms with Crippen molar-refractivity contribution in [3.63, 3.8) is 0 Å². The van der Waals surface area contributed by atoms with Crippen LogP contribution < -0.4 is 5.32 Å². The number of anilines is 1. The third-order valence-electron chi connectivity index (χ3n) is 7.28. The van der Waals surface area contributed by atoms with Gasteiger partial charge >= 0.3 is 5.97 Å². The molecule has 36 heavy (non-hydrogen) atoms. The fourth-order valence-electron chi connectivity index (χ4n) is 5.04. The number of halogens is 3. The Balaban J connectivity index is 1.53. The van der Waals surface area contributed by atoms with E-state index in [1.54, 1.807) is 12.1 Å². The highest BCUT2D eigenvalue weighted by Gasteiger charge is 2.46. The van der Waals surface area contributed by atoms with E-state index < -0.39 is 23.0 Å². The van der Waals surface area contributed by atoms with Gasteiger partial charge in [-0.15, -0.1) is 0 Å². The fraction of sp³-hybridized carbons (Fsp3) is 0.444. The first-order valence-corrected chi connectivity index (χ1v) is 12.7. The molecule has 0 amide bonds. The van der Waals surface area contributed by atoms with Crippen molar-refractivity contribution in [1.82, 2.24) is 9.88 Å². The van der Waals surface area contributed by atoms with Crippen LogP contribution in [0.25, 0.3) is 0 Å². The largest absolute Gasteiger partial charge is 0.481 e. The molecule has 0 bridgehead atoms. The van der Waals surface area contributed by atoms with Crippen LogP contribution in [-0.2, 0) is 17.8 Å². The van der Waals surface area contributed by atoms with Gasteiger partial charge in [0.25, 0.3) is 0 Å². The number of nitrogens with one attached hydrogen (secondary N) is 1. The number of amidine groups is 1. The third-order valence-corrected chi connectivity index (χ3v) is 7.57. The Morgan fingerprint density at radius 1 is 1.28 bits per heavy atom. The van der Waals surface area contributed by atoms with E-state index in [9.17, 15) is 18.7 Å². The minimum atomic E-state index is -1.17. The number of benzene rings is 1. The Labute approximate surface area is 215 Å². The number of aliphatic carboxylic acids is 1. The fourth-order valence-corrected chi connectivity index (χ4v) is 5.24. The van der Waals surface area contributed by atoms with E-state index in [0.29, 0.717) is 56.1 Å². The number of carbonyl (C=O) groups is 1. The predicted molar refractivity (Wildman–Crippen MR) is 137 cm³/mol. The second-order valence-electron chi connectivity index (χ2n) is 9.57. The molecule has 1 aromatic heterocycles. The van der Waals surface area contributed by atoms with Gasteiger partial charge in [0.15, 0.2) is 0 Å². The topological polar surface area (TPSA) is 77.8 Å². The Kier molecular flexibility index (Phi) is 8.05. The van der Waals surface area contributed by atoms with E-state index in [1.165, 1.54) is 23.8 Å². The number of piperidine rings is 1. The van der Waals surface area contributed by atoms with Gasteiger partial charge in [-0.1, -0.05) is 37.6 Å². The van der Waals surface area contributed by atoms with Crippen LogP contribution in [0.15, 0.2) is 47.0 Å². The molecule has 2 aliphatic rings. The Morgan fingerprint density at radius 2 is 2.08 bits per heavy atom. The number of likely N-dealkylation sites (tertiary alicyclic amines) is 1. The summed E-state index contributed by atoms with van der Waals surface area (Å²) >= 11 is 5.95. The van der Waals surface area contributed by atoms with Gasteiger partial charge in [0.2, 0.25) is 0 Å². The summed E-state index contributed by atoms with van der Waals surface area (Å²) in [6, 6.07) is 7.64. The van der Waals surface area contributed by atoms with Crippen LogP contribution in [0.4, 0.5) is 14.6 Å². The molecule has 2 unspecified atom stereocenters. The molecule has 2 N–H and O–H groups in total. The minimum Gasteiger partial charge on any atom is -0.481 e. The van der Waals surface area contributed by atoms with Crippen molar-refractivity contribution in [2.45, 2.75) is 58.5 Å². The maximum absolute atomic E-state index is 14.8. The molecule has 0 saturated carbocycles. The lowest BCUT2D eigenvalue weighted by Gasteiger charge is -2.44. The molecule has 3 heterocycles. The first-order valence-electron chi connectivity index (χ1n) is 12.3. The smallest absolute Gasteiger partial charge is 0.310 e. The van der Waals surface area contributed by atoms with E-state index in [4.69, 9.17) is 11.6 Å². The molecule has 9 heteroatoms. The summed E-state index contributed by atoms with van der Waals surface area (Å²) in [5.74, 6) is -0.856. The van der Waals surface area contributed by atoms with Crippen molar-refractivity contribution in [3.8, 4) is 0 Å². The van der Waals surface area contributed by atoms with Crippen molar-refractivity contribution in [2.75, 3.05) is 18.4 Å². The second-order valence-corrected chi connectivity index (χ2v) is 9.98. The zero-order valence-corrected chi connectivity index (χ0v) is 21.3. The zero-order valence-electron chi connectivity index (χ0n) is 20.5. The molecule has 1 saturated heterocycles. The van der Waals surface area contributed by atoms with Crippen LogP contribution in [-0.4, -0.2) is 45.9 Å². The number of hydrogen-bond donors (Lipinski definition) is 2. The molecule has 2 aliphatic heterocycles. The molecule has 2 atom stereocenters. The number of rotatable bonds is 8. The predicted octanol–water partition coefficient (Wildman–Crippen LogP) is 5.86. The lowest BCUT2D eigenvalue weighted by molar-refractivity contribution is -0.154.